The molecule has 1 aliphatic rings. The van der Waals surface area contributed by atoms with Gasteiger partial charge in [0.2, 0.25) is 0 Å². The molecule has 1 amide bonds. The summed E-state index contributed by atoms with van der Waals surface area (Å²) >= 11 is 0. The van der Waals surface area contributed by atoms with Gasteiger partial charge in [-0.3, -0.25) is 9.47 Å². The van der Waals surface area contributed by atoms with Gasteiger partial charge < -0.3 is 4.74 Å². The summed E-state index contributed by atoms with van der Waals surface area (Å²) in [4.78, 5) is 28.9. The number of ether oxygens (including phenoxy) is 1. The van der Waals surface area contributed by atoms with E-state index in [-0.39, 0.29) is 11.7 Å². The maximum absolute atomic E-state index is 12.1. The first-order chi connectivity index (χ1) is 8.29. The molecule has 0 radical (unpaired) electrons. The van der Waals surface area contributed by atoms with Crippen LogP contribution >= 0.6 is 0 Å². The number of hydrogen-bond donors (Lipinski definition) is 0. The van der Waals surface area contributed by atoms with E-state index >= 15 is 0 Å². The smallest absolute Gasteiger partial charge is 0.416 e. The van der Waals surface area contributed by atoms with Gasteiger partial charge in [-0.2, -0.15) is 0 Å². The fraction of sp³-hybridized carbons (Fsp3) is 0.583. The lowest BCUT2D eigenvalue weighted by Crippen LogP contribution is -2.40. The van der Waals surface area contributed by atoms with Crippen molar-refractivity contribution in [2.75, 3.05) is 4.90 Å². The van der Waals surface area contributed by atoms with Crippen LogP contribution in [-0.2, 0) is 11.3 Å². The van der Waals surface area contributed by atoms with Crippen LogP contribution in [0.25, 0.3) is 0 Å². The zero-order chi connectivity index (χ0) is 13.5. The molecule has 98 valence electrons. The summed E-state index contributed by atoms with van der Waals surface area (Å²) in [6.07, 6.45) is 0.968. The highest BCUT2D eigenvalue weighted by Crippen LogP contribution is 2.25. The fourth-order valence-electron chi connectivity index (χ4n) is 1.96. The predicted octanol–water partition coefficient (Wildman–Crippen LogP) is 1.39. The lowest BCUT2D eigenvalue weighted by Gasteiger charge is -2.26. The third-order valence-corrected chi connectivity index (χ3v) is 2.64. The Balaban J connectivity index is 2.34. The number of aromatic nitrogens is 2. The second-order valence-corrected chi connectivity index (χ2v) is 5.40. The maximum atomic E-state index is 12.1. The number of fused-ring (bicyclic) bond motifs is 1. The molecule has 0 aromatic carbocycles. The predicted molar refractivity (Wildman–Crippen MR) is 66.7 cm³/mol. The highest BCUT2D eigenvalue weighted by molar-refractivity contribution is 5.88. The van der Waals surface area contributed by atoms with Crippen LogP contribution in [0.1, 0.15) is 27.7 Å². The lowest BCUT2D eigenvalue weighted by atomic mass is 10.2. The molecular formula is C12H17N3O3. The summed E-state index contributed by atoms with van der Waals surface area (Å²) in [5, 5.41) is 0. The van der Waals surface area contributed by atoms with Crippen LogP contribution in [0.15, 0.2) is 17.1 Å². The molecule has 6 heteroatoms. The highest BCUT2D eigenvalue weighted by Gasteiger charge is 2.34. The number of rotatable bonds is 0. The Kier molecular flexibility index (Phi) is 2.88. The number of anilines is 1. The Bertz CT molecular complexity index is 530. The van der Waals surface area contributed by atoms with Crippen LogP contribution in [0.2, 0.25) is 0 Å². The van der Waals surface area contributed by atoms with Gasteiger partial charge in [0, 0.05) is 12.7 Å². The van der Waals surface area contributed by atoms with E-state index < -0.39 is 11.7 Å². The average molecular weight is 251 g/mol. The third kappa shape index (κ3) is 2.23. The fourth-order valence-corrected chi connectivity index (χ4v) is 1.96. The van der Waals surface area contributed by atoms with Gasteiger partial charge in [-0.15, -0.1) is 0 Å². The third-order valence-electron chi connectivity index (χ3n) is 2.64. The molecule has 0 spiro atoms. The molecule has 1 unspecified atom stereocenters. The molecule has 0 fully saturated rings. The normalized spacial score (nSPS) is 18.7. The largest absolute Gasteiger partial charge is 0.443 e. The van der Waals surface area contributed by atoms with Gasteiger partial charge >= 0.3 is 11.8 Å². The van der Waals surface area contributed by atoms with Gasteiger partial charge in [0.25, 0.3) is 0 Å². The molecule has 2 heterocycles. The highest BCUT2D eigenvalue weighted by atomic mass is 16.6. The SMILES string of the molecule is CC1Cn2c(ccnc2=O)N1C(=O)OC(C)(C)C. The van der Waals surface area contributed by atoms with Gasteiger partial charge in [-0.1, -0.05) is 0 Å². The summed E-state index contributed by atoms with van der Waals surface area (Å²) in [5.41, 5.74) is -0.900. The first kappa shape index (κ1) is 12.6. The van der Waals surface area contributed by atoms with Crippen molar-refractivity contribution in [3.8, 4) is 0 Å². The molecule has 0 saturated carbocycles. The monoisotopic (exact) mass is 251 g/mol. The minimum Gasteiger partial charge on any atom is -0.443 e. The van der Waals surface area contributed by atoms with E-state index in [1.54, 1.807) is 6.07 Å². The van der Waals surface area contributed by atoms with Gasteiger partial charge in [0.15, 0.2) is 0 Å². The molecule has 1 aliphatic heterocycles. The Morgan fingerprint density at radius 2 is 2.17 bits per heavy atom. The second-order valence-electron chi connectivity index (χ2n) is 5.40. The van der Waals surface area contributed by atoms with Crippen LogP contribution in [0.5, 0.6) is 0 Å². The number of nitrogens with zero attached hydrogens (tertiary/aromatic N) is 3. The van der Waals surface area contributed by atoms with E-state index in [0.29, 0.717) is 12.4 Å². The van der Waals surface area contributed by atoms with Crippen LogP contribution in [0.3, 0.4) is 0 Å². The van der Waals surface area contributed by atoms with E-state index in [1.807, 2.05) is 27.7 Å². The molecule has 0 bridgehead atoms. The molecule has 18 heavy (non-hydrogen) atoms. The van der Waals surface area contributed by atoms with E-state index in [2.05, 4.69) is 4.98 Å². The quantitative estimate of drug-likeness (QED) is 0.699. The Morgan fingerprint density at radius 1 is 1.50 bits per heavy atom. The molecule has 6 nitrogen and oxygen atoms in total. The number of carbonyl (C=O) groups is 1. The van der Waals surface area contributed by atoms with Crippen LogP contribution in [-0.4, -0.2) is 27.3 Å². The van der Waals surface area contributed by atoms with Crippen molar-refractivity contribution in [1.82, 2.24) is 9.55 Å². The summed E-state index contributed by atoms with van der Waals surface area (Å²) < 4.78 is 6.82. The number of hydrogen-bond acceptors (Lipinski definition) is 4. The Morgan fingerprint density at radius 3 is 2.78 bits per heavy atom. The van der Waals surface area contributed by atoms with Crippen LogP contribution < -0.4 is 10.6 Å². The van der Waals surface area contributed by atoms with Crippen molar-refractivity contribution in [1.29, 1.82) is 0 Å². The summed E-state index contributed by atoms with van der Waals surface area (Å²) in [7, 11) is 0. The second kappa shape index (κ2) is 4.12. The van der Waals surface area contributed by atoms with Crippen LogP contribution in [0, 0.1) is 0 Å². The molecule has 1 atom stereocenters. The maximum Gasteiger partial charge on any atom is 0.416 e. The summed E-state index contributed by atoms with van der Waals surface area (Å²) in [5.74, 6) is 0.539. The van der Waals surface area contributed by atoms with E-state index in [1.165, 1.54) is 15.7 Å². The van der Waals surface area contributed by atoms with Crippen molar-refractivity contribution in [2.45, 2.75) is 45.9 Å². The van der Waals surface area contributed by atoms with Crippen molar-refractivity contribution < 1.29 is 9.53 Å². The Hall–Kier alpha value is -1.85. The van der Waals surface area contributed by atoms with E-state index in [0.717, 1.165) is 0 Å². The average Bonchev–Trinajstić information content (AvgIpc) is 2.53. The molecule has 0 aliphatic carbocycles. The van der Waals surface area contributed by atoms with Crippen molar-refractivity contribution in [3.63, 3.8) is 0 Å². The lowest BCUT2D eigenvalue weighted by molar-refractivity contribution is 0.0572. The van der Waals surface area contributed by atoms with Gasteiger partial charge in [0.1, 0.15) is 11.4 Å². The van der Waals surface area contributed by atoms with Crippen molar-refractivity contribution in [3.05, 3.63) is 22.7 Å². The molecule has 1 aromatic heterocycles. The minimum absolute atomic E-state index is 0.114. The summed E-state index contributed by atoms with van der Waals surface area (Å²) in [6.45, 7) is 7.75. The van der Waals surface area contributed by atoms with E-state index in [4.69, 9.17) is 4.74 Å². The topological polar surface area (TPSA) is 64.4 Å². The standard InChI is InChI=1S/C12H17N3O3/c1-8-7-14-9(5-6-13-10(14)16)15(8)11(17)18-12(2,3)4/h5-6,8H,7H2,1-4H3. The first-order valence-corrected chi connectivity index (χ1v) is 5.87. The molecule has 1 aromatic rings. The summed E-state index contributed by atoms with van der Waals surface area (Å²) in [6, 6.07) is 1.53. The zero-order valence-corrected chi connectivity index (χ0v) is 11.0. The van der Waals surface area contributed by atoms with Crippen molar-refractivity contribution >= 4 is 11.9 Å². The molecule has 2 rings (SSSR count). The van der Waals surface area contributed by atoms with Gasteiger partial charge in [-0.05, 0) is 33.8 Å². The molecule has 0 saturated heterocycles. The first-order valence-electron chi connectivity index (χ1n) is 5.87. The molecular weight excluding hydrogens is 234 g/mol. The minimum atomic E-state index is -0.558. The van der Waals surface area contributed by atoms with Crippen LogP contribution in [0.4, 0.5) is 10.6 Å². The zero-order valence-electron chi connectivity index (χ0n) is 11.0. The Labute approximate surface area is 105 Å². The van der Waals surface area contributed by atoms with Crippen molar-refractivity contribution in [2.24, 2.45) is 0 Å². The number of amides is 1. The van der Waals surface area contributed by atoms with Gasteiger partial charge in [0.05, 0.1) is 6.04 Å². The van der Waals surface area contributed by atoms with Gasteiger partial charge in [-0.25, -0.2) is 14.6 Å². The van der Waals surface area contributed by atoms with E-state index in [9.17, 15) is 9.59 Å². The molecule has 0 N–H and O–H groups in total. The number of carbonyl (C=O) groups excluding carboxylic acids is 1.